The summed E-state index contributed by atoms with van der Waals surface area (Å²) in [5, 5.41) is 23.5. The van der Waals surface area contributed by atoms with E-state index in [4.69, 9.17) is 9.26 Å². The lowest BCUT2D eigenvalue weighted by atomic mass is 9.88. The lowest BCUT2D eigenvalue weighted by molar-refractivity contribution is 0.669. The molecule has 18 aromatic rings. The molecule has 5 heterocycles. The van der Waals surface area contributed by atoms with Gasteiger partial charge < -0.3 is 13.6 Å². The van der Waals surface area contributed by atoms with E-state index in [1.54, 1.807) is 0 Å². The van der Waals surface area contributed by atoms with Crippen LogP contribution in [0.25, 0.3) is 178 Å². The predicted molar refractivity (Wildman–Crippen MR) is 366 cm³/mol. The third kappa shape index (κ3) is 7.10. The van der Waals surface area contributed by atoms with Gasteiger partial charge >= 0.3 is 0 Å². The second-order valence-corrected chi connectivity index (χ2v) is 24.3. The second-order valence-electron chi connectivity index (χ2n) is 22.3. The molecular formula is C80H44N4OS2. The number of hydrogen-bond acceptors (Lipinski definition) is 4. The fourth-order valence-corrected chi connectivity index (χ4v) is 16.9. The number of hydrogen-bond donors (Lipinski definition) is 0. The number of furan rings is 1. The maximum Gasteiger partial charge on any atom is 0.220 e. The molecule has 0 unspecified atom stereocenters. The Bertz CT molecular complexity index is 5840. The van der Waals surface area contributed by atoms with Crippen molar-refractivity contribution in [2.45, 2.75) is 0 Å². The van der Waals surface area contributed by atoms with Crippen LogP contribution in [0.2, 0.25) is 0 Å². The van der Waals surface area contributed by atoms with Crippen molar-refractivity contribution in [1.82, 2.24) is 9.13 Å². The van der Waals surface area contributed by atoms with Gasteiger partial charge in [0.2, 0.25) is 5.69 Å². The first-order valence-corrected chi connectivity index (χ1v) is 30.7. The molecule has 13 aromatic carbocycles. The van der Waals surface area contributed by atoms with E-state index in [-0.39, 0.29) is 0 Å². The highest BCUT2D eigenvalue weighted by atomic mass is 32.1. The van der Waals surface area contributed by atoms with Gasteiger partial charge in [0.1, 0.15) is 17.2 Å². The standard InChI is InChI=1S/C80H44N4OS2/c1-82-72-69(49-25-10-4-11-26-49)64(46-81)73(70(50-27-12-5-13-28-50)76(72)83-65-36-16-14-29-55(65)56-40-39-51(45-66(56)83)52-31-20-38-68-71(52)63-30-15-17-37-67(63)85-68)84-74-57(41-43-61-59-34-18-32-53(77(59)86-79(61)74)47-21-6-2-7-22-47)58-42-44-62-60-35-19-33-54(48-23-8-3-9-24-48)78(60)87-80(62)75(58)84/h2-45H. The number of thiophene rings is 2. The molecule has 0 amide bonds. The molecule has 0 atom stereocenters. The highest BCUT2D eigenvalue weighted by Gasteiger charge is 2.33. The van der Waals surface area contributed by atoms with Crippen molar-refractivity contribution >= 4 is 134 Å². The average molecular weight is 1140 g/mol. The van der Waals surface area contributed by atoms with E-state index in [1.807, 2.05) is 65.1 Å². The van der Waals surface area contributed by atoms with Crippen molar-refractivity contribution < 1.29 is 4.42 Å². The first-order valence-electron chi connectivity index (χ1n) is 29.1. The fraction of sp³-hybridized carbons (Fsp3) is 0. The summed E-state index contributed by atoms with van der Waals surface area (Å²) in [7, 11) is 0. The van der Waals surface area contributed by atoms with Gasteiger partial charge in [-0.05, 0) is 68.8 Å². The van der Waals surface area contributed by atoms with Crippen molar-refractivity contribution in [3.8, 4) is 73.1 Å². The number of fused-ring (bicyclic) bond motifs is 17. The molecule has 0 radical (unpaired) electrons. The molecule has 0 saturated heterocycles. The van der Waals surface area contributed by atoms with Crippen LogP contribution >= 0.6 is 22.7 Å². The quantitative estimate of drug-likeness (QED) is 0.149. The van der Waals surface area contributed by atoms with Gasteiger partial charge in [0.25, 0.3) is 0 Å². The molecule has 0 aliphatic heterocycles. The summed E-state index contributed by atoms with van der Waals surface area (Å²) < 4.78 is 15.9. The minimum absolute atomic E-state index is 0.385. The van der Waals surface area contributed by atoms with Crippen LogP contribution in [0.3, 0.4) is 0 Å². The third-order valence-electron chi connectivity index (χ3n) is 17.8. The van der Waals surface area contributed by atoms with Gasteiger partial charge in [-0.3, -0.25) is 0 Å². The zero-order chi connectivity index (χ0) is 57.4. The first-order chi connectivity index (χ1) is 43.1. The third-order valence-corrected chi connectivity index (χ3v) is 20.3. The number of nitrogens with zero attached hydrogens (tertiary/aromatic N) is 4. The Labute approximate surface area is 506 Å². The second kappa shape index (κ2) is 19.1. The van der Waals surface area contributed by atoms with E-state index in [9.17, 15) is 11.8 Å². The van der Waals surface area contributed by atoms with E-state index in [1.165, 1.54) is 31.3 Å². The van der Waals surface area contributed by atoms with Gasteiger partial charge in [-0.25, -0.2) is 4.85 Å². The van der Waals surface area contributed by atoms with Gasteiger partial charge in [-0.1, -0.05) is 243 Å². The Morgan fingerprint density at radius 2 is 0.816 bits per heavy atom. The predicted octanol–water partition coefficient (Wildman–Crippen LogP) is 23.3. The maximum atomic E-state index is 12.6. The Kier molecular flexibility index (Phi) is 10.8. The van der Waals surface area contributed by atoms with Crippen LogP contribution in [0, 0.1) is 17.9 Å². The van der Waals surface area contributed by atoms with E-state index < -0.39 is 0 Å². The monoisotopic (exact) mass is 1140 g/mol. The molecule has 0 N–H and O–H groups in total. The number of benzene rings is 13. The highest BCUT2D eigenvalue weighted by molar-refractivity contribution is 7.28. The zero-order valence-electron chi connectivity index (χ0n) is 46.4. The molecule has 0 bridgehead atoms. The van der Waals surface area contributed by atoms with Gasteiger partial charge in [0.05, 0.1) is 55.0 Å². The van der Waals surface area contributed by atoms with Gasteiger partial charge in [0, 0.05) is 74.4 Å². The van der Waals surface area contributed by atoms with Crippen LogP contribution in [0.4, 0.5) is 5.69 Å². The van der Waals surface area contributed by atoms with E-state index in [2.05, 4.69) is 240 Å². The fourth-order valence-electron chi connectivity index (χ4n) is 14.1. The molecule has 0 saturated carbocycles. The van der Waals surface area contributed by atoms with Crippen LogP contribution in [0.5, 0.6) is 0 Å². The molecule has 402 valence electrons. The molecular weight excluding hydrogens is 1100 g/mol. The molecule has 5 aromatic heterocycles. The summed E-state index contributed by atoms with van der Waals surface area (Å²) in [5.41, 5.74) is 17.5. The number of nitriles is 1. The lowest BCUT2D eigenvalue weighted by Gasteiger charge is -2.26. The molecule has 87 heavy (non-hydrogen) atoms. The number of aromatic nitrogens is 2. The Hall–Kier alpha value is -11.3. The smallest absolute Gasteiger partial charge is 0.220 e. The van der Waals surface area contributed by atoms with Crippen LogP contribution in [0.1, 0.15) is 5.56 Å². The van der Waals surface area contributed by atoms with Crippen LogP contribution in [-0.2, 0) is 0 Å². The highest BCUT2D eigenvalue weighted by Crippen LogP contribution is 2.56. The van der Waals surface area contributed by atoms with Crippen molar-refractivity contribution in [3.63, 3.8) is 0 Å². The van der Waals surface area contributed by atoms with Crippen LogP contribution in [-0.4, -0.2) is 9.13 Å². The summed E-state index contributed by atoms with van der Waals surface area (Å²) in [6.45, 7) is 9.67. The van der Waals surface area contributed by atoms with Crippen LogP contribution in [0.15, 0.2) is 271 Å². The Balaban J connectivity index is 1.08. The minimum atomic E-state index is 0.385. The molecule has 0 aliphatic carbocycles. The van der Waals surface area contributed by atoms with Crippen molar-refractivity contribution in [2.24, 2.45) is 0 Å². The summed E-state index contributed by atoms with van der Waals surface area (Å²) in [6, 6.07) is 97.4. The molecule has 0 spiro atoms. The zero-order valence-corrected chi connectivity index (χ0v) is 48.1. The maximum absolute atomic E-state index is 12.6. The summed E-state index contributed by atoms with van der Waals surface area (Å²) in [5.74, 6) is 0. The van der Waals surface area contributed by atoms with Gasteiger partial charge in [-0.2, -0.15) is 5.26 Å². The molecule has 7 heteroatoms. The van der Waals surface area contributed by atoms with E-state index in [0.717, 1.165) is 125 Å². The van der Waals surface area contributed by atoms with Crippen molar-refractivity contribution in [1.29, 1.82) is 5.26 Å². The molecule has 0 aliphatic rings. The SMILES string of the molecule is [C-]#[N+]c1c(-c2ccccc2)c(C#N)c(-n2c3c(ccc4c5cccc(-c6ccccc6)c5sc43)c3ccc4c5cccc(-c6ccccc6)c5sc4c32)c(-c2ccccc2)c1-n1c2ccccc2c2ccc(-c3cccc4oc5ccccc5c34)cc21. The van der Waals surface area contributed by atoms with Gasteiger partial charge in [-0.15, -0.1) is 22.7 Å². The summed E-state index contributed by atoms with van der Waals surface area (Å²) in [6.07, 6.45) is 0. The molecule has 0 fully saturated rings. The summed E-state index contributed by atoms with van der Waals surface area (Å²) >= 11 is 3.63. The summed E-state index contributed by atoms with van der Waals surface area (Å²) in [4.78, 5) is 4.70. The normalized spacial score (nSPS) is 11.9. The number of rotatable bonds is 7. The first kappa shape index (κ1) is 49.1. The molecule has 18 rings (SSSR count). The Morgan fingerprint density at radius 1 is 0.356 bits per heavy atom. The average Bonchev–Trinajstić information content (AvgIpc) is 1.60. The van der Waals surface area contributed by atoms with E-state index in [0.29, 0.717) is 28.2 Å². The number of para-hydroxylation sites is 2. The lowest BCUT2D eigenvalue weighted by Crippen LogP contribution is -2.09. The largest absolute Gasteiger partial charge is 0.456 e. The van der Waals surface area contributed by atoms with E-state index >= 15 is 0 Å². The van der Waals surface area contributed by atoms with Crippen molar-refractivity contribution in [3.05, 3.63) is 284 Å². The Morgan fingerprint density at radius 3 is 1.41 bits per heavy atom. The van der Waals surface area contributed by atoms with Crippen molar-refractivity contribution in [2.75, 3.05) is 0 Å². The van der Waals surface area contributed by atoms with Gasteiger partial charge in [0.15, 0.2) is 0 Å². The minimum Gasteiger partial charge on any atom is -0.456 e. The van der Waals surface area contributed by atoms with Crippen LogP contribution < -0.4 is 0 Å². The topological polar surface area (TPSA) is 51.1 Å². The molecule has 5 nitrogen and oxygen atoms in total.